The zero-order valence-electron chi connectivity index (χ0n) is 12.0. The summed E-state index contributed by atoms with van der Waals surface area (Å²) >= 11 is 0. The minimum absolute atomic E-state index is 0.150. The predicted molar refractivity (Wildman–Crippen MR) is 83.6 cm³/mol. The van der Waals surface area contributed by atoms with Crippen molar-refractivity contribution in [3.63, 3.8) is 0 Å². The van der Waals surface area contributed by atoms with Gasteiger partial charge in [0.15, 0.2) is 0 Å². The summed E-state index contributed by atoms with van der Waals surface area (Å²) in [7, 11) is 1.61. The SMILES string of the molecule is COc1ccc2c(CC(=O)Nc3ccc(F)cc3)c[nH]c2c1. The molecule has 1 amide bonds. The molecular weight excluding hydrogens is 283 g/mol. The van der Waals surface area contributed by atoms with E-state index in [1.54, 1.807) is 7.11 Å². The molecule has 0 aliphatic carbocycles. The van der Waals surface area contributed by atoms with Crippen LogP contribution >= 0.6 is 0 Å². The van der Waals surface area contributed by atoms with Crippen LogP contribution < -0.4 is 10.1 Å². The van der Waals surface area contributed by atoms with E-state index in [-0.39, 0.29) is 18.1 Å². The van der Waals surface area contributed by atoms with Crippen LogP contribution in [0.3, 0.4) is 0 Å². The van der Waals surface area contributed by atoms with Crippen LogP contribution in [0.4, 0.5) is 10.1 Å². The molecule has 0 fully saturated rings. The van der Waals surface area contributed by atoms with Crippen molar-refractivity contribution in [2.75, 3.05) is 12.4 Å². The van der Waals surface area contributed by atoms with Crippen molar-refractivity contribution in [2.24, 2.45) is 0 Å². The number of benzene rings is 2. The van der Waals surface area contributed by atoms with Crippen molar-refractivity contribution >= 4 is 22.5 Å². The number of rotatable bonds is 4. The van der Waals surface area contributed by atoms with Gasteiger partial charge >= 0.3 is 0 Å². The number of halogens is 1. The van der Waals surface area contributed by atoms with E-state index in [2.05, 4.69) is 10.3 Å². The average Bonchev–Trinajstić information content (AvgIpc) is 2.91. The number of nitrogens with one attached hydrogen (secondary N) is 2. The maximum absolute atomic E-state index is 12.8. The number of methoxy groups -OCH3 is 1. The summed E-state index contributed by atoms with van der Waals surface area (Å²) in [5, 5.41) is 3.73. The Labute approximate surface area is 126 Å². The number of H-pyrrole nitrogens is 1. The summed E-state index contributed by atoms with van der Waals surface area (Å²) in [6.07, 6.45) is 2.05. The van der Waals surface area contributed by atoms with Gasteiger partial charge < -0.3 is 15.0 Å². The van der Waals surface area contributed by atoms with Crippen molar-refractivity contribution in [2.45, 2.75) is 6.42 Å². The summed E-state index contributed by atoms with van der Waals surface area (Å²) in [6, 6.07) is 11.4. The zero-order valence-corrected chi connectivity index (χ0v) is 12.0. The molecule has 3 rings (SSSR count). The van der Waals surface area contributed by atoms with Crippen molar-refractivity contribution in [1.29, 1.82) is 0 Å². The molecule has 0 radical (unpaired) electrons. The smallest absolute Gasteiger partial charge is 0.228 e. The predicted octanol–water partition coefficient (Wildman–Crippen LogP) is 3.50. The number of ether oxygens (including phenoxy) is 1. The van der Waals surface area contributed by atoms with Crippen LogP contribution in [0.2, 0.25) is 0 Å². The third kappa shape index (κ3) is 2.93. The number of anilines is 1. The lowest BCUT2D eigenvalue weighted by atomic mass is 10.1. The molecule has 0 atom stereocenters. The molecule has 2 aromatic carbocycles. The first-order valence-corrected chi connectivity index (χ1v) is 6.85. The van der Waals surface area contributed by atoms with Gasteiger partial charge in [0.1, 0.15) is 11.6 Å². The Hall–Kier alpha value is -2.82. The molecule has 2 N–H and O–H groups in total. The zero-order chi connectivity index (χ0) is 15.5. The molecule has 22 heavy (non-hydrogen) atoms. The molecule has 0 saturated heterocycles. The van der Waals surface area contributed by atoms with E-state index in [0.717, 1.165) is 22.2 Å². The monoisotopic (exact) mass is 298 g/mol. The molecule has 1 heterocycles. The van der Waals surface area contributed by atoms with E-state index < -0.39 is 0 Å². The third-order valence-corrected chi connectivity index (χ3v) is 3.45. The second-order valence-electron chi connectivity index (χ2n) is 4.96. The summed E-state index contributed by atoms with van der Waals surface area (Å²) < 4.78 is 18.0. The van der Waals surface area contributed by atoms with Gasteiger partial charge in [0, 0.05) is 28.9 Å². The van der Waals surface area contributed by atoms with E-state index in [0.29, 0.717) is 5.69 Å². The van der Waals surface area contributed by atoms with Crippen LogP contribution in [0.5, 0.6) is 5.75 Å². The minimum Gasteiger partial charge on any atom is -0.497 e. The number of aromatic amines is 1. The number of amides is 1. The summed E-state index contributed by atoms with van der Waals surface area (Å²) in [6.45, 7) is 0. The Kier molecular flexibility index (Phi) is 3.78. The highest BCUT2D eigenvalue weighted by atomic mass is 19.1. The molecule has 0 bridgehead atoms. The number of aromatic nitrogens is 1. The van der Waals surface area contributed by atoms with E-state index in [4.69, 9.17) is 4.74 Å². The number of hydrogen-bond acceptors (Lipinski definition) is 2. The molecule has 0 saturated carbocycles. The quantitative estimate of drug-likeness (QED) is 0.774. The molecule has 4 nitrogen and oxygen atoms in total. The van der Waals surface area contributed by atoms with E-state index in [9.17, 15) is 9.18 Å². The fourth-order valence-electron chi connectivity index (χ4n) is 2.35. The number of carbonyl (C=O) groups is 1. The number of fused-ring (bicyclic) bond motifs is 1. The maximum Gasteiger partial charge on any atom is 0.228 e. The van der Waals surface area contributed by atoms with Gasteiger partial charge in [-0.15, -0.1) is 0 Å². The Morgan fingerprint density at radius 2 is 2.00 bits per heavy atom. The van der Waals surface area contributed by atoms with Gasteiger partial charge in [0.05, 0.1) is 13.5 Å². The first-order valence-electron chi connectivity index (χ1n) is 6.85. The highest BCUT2D eigenvalue weighted by molar-refractivity contribution is 5.96. The largest absolute Gasteiger partial charge is 0.497 e. The van der Waals surface area contributed by atoms with E-state index in [1.807, 2.05) is 24.4 Å². The topological polar surface area (TPSA) is 54.1 Å². The average molecular weight is 298 g/mol. The lowest BCUT2D eigenvalue weighted by Crippen LogP contribution is -2.14. The molecule has 3 aromatic rings. The summed E-state index contributed by atoms with van der Waals surface area (Å²) in [4.78, 5) is 15.2. The molecule has 5 heteroatoms. The molecule has 0 aliphatic rings. The molecule has 0 spiro atoms. The molecule has 112 valence electrons. The van der Waals surface area contributed by atoms with Crippen LogP contribution in [0.15, 0.2) is 48.7 Å². The van der Waals surface area contributed by atoms with Gasteiger partial charge in [-0.1, -0.05) is 0 Å². The highest BCUT2D eigenvalue weighted by Crippen LogP contribution is 2.23. The Morgan fingerprint density at radius 1 is 1.23 bits per heavy atom. The second kappa shape index (κ2) is 5.89. The van der Waals surface area contributed by atoms with Gasteiger partial charge in [0.2, 0.25) is 5.91 Å². The Bertz CT molecular complexity index is 809. The van der Waals surface area contributed by atoms with Crippen LogP contribution in [0.1, 0.15) is 5.56 Å². The minimum atomic E-state index is -0.330. The van der Waals surface area contributed by atoms with E-state index >= 15 is 0 Å². The van der Waals surface area contributed by atoms with Crippen LogP contribution in [0.25, 0.3) is 10.9 Å². The van der Waals surface area contributed by atoms with Crippen LogP contribution in [0, 0.1) is 5.82 Å². The Morgan fingerprint density at radius 3 is 2.73 bits per heavy atom. The first kappa shape index (κ1) is 14.1. The van der Waals surface area contributed by atoms with Crippen molar-refractivity contribution in [3.05, 3.63) is 60.0 Å². The number of carbonyl (C=O) groups excluding carboxylic acids is 1. The van der Waals surface area contributed by atoms with Gasteiger partial charge in [-0.3, -0.25) is 4.79 Å². The molecule has 0 aliphatic heterocycles. The molecule has 1 aromatic heterocycles. The highest BCUT2D eigenvalue weighted by Gasteiger charge is 2.10. The molecular formula is C17H15FN2O2. The van der Waals surface area contributed by atoms with Crippen molar-refractivity contribution < 1.29 is 13.9 Å². The summed E-state index contributed by atoms with van der Waals surface area (Å²) in [5.41, 5.74) is 2.40. The van der Waals surface area contributed by atoms with Crippen LogP contribution in [-0.2, 0) is 11.2 Å². The second-order valence-corrected chi connectivity index (χ2v) is 4.96. The van der Waals surface area contributed by atoms with Crippen LogP contribution in [-0.4, -0.2) is 18.0 Å². The fourth-order valence-corrected chi connectivity index (χ4v) is 2.35. The van der Waals surface area contributed by atoms with Gasteiger partial charge in [-0.05, 0) is 42.0 Å². The lowest BCUT2D eigenvalue weighted by Gasteiger charge is -2.05. The third-order valence-electron chi connectivity index (χ3n) is 3.45. The molecule has 0 unspecified atom stereocenters. The van der Waals surface area contributed by atoms with E-state index in [1.165, 1.54) is 24.3 Å². The van der Waals surface area contributed by atoms with Crippen molar-refractivity contribution in [1.82, 2.24) is 4.98 Å². The van der Waals surface area contributed by atoms with Gasteiger partial charge in [-0.25, -0.2) is 4.39 Å². The fraction of sp³-hybridized carbons (Fsp3) is 0.118. The maximum atomic E-state index is 12.8. The lowest BCUT2D eigenvalue weighted by molar-refractivity contribution is -0.115. The standard InChI is InChI=1S/C17H15FN2O2/c1-22-14-6-7-15-11(10-19-16(15)9-14)8-17(21)20-13-4-2-12(18)3-5-13/h2-7,9-10,19H,8H2,1H3,(H,20,21). The number of hydrogen-bond donors (Lipinski definition) is 2. The Balaban J connectivity index is 1.75. The first-order chi connectivity index (χ1) is 10.7. The van der Waals surface area contributed by atoms with Gasteiger partial charge in [0.25, 0.3) is 0 Å². The normalized spacial score (nSPS) is 10.6. The van der Waals surface area contributed by atoms with Crippen molar-refractivity contribution in [3.8, 4) is 5.75 Å². The van der Waals surface area contributed by atoms with Gasteiger partial charge in [-0.2, -0.15) is 0 Å². The summed E-state index contributed by atoms with van der Waals surface area (Å²) in [5.74, 6) is 0.281.